The Balaban J connectivity index is 2.50. The van der Waals surface area contributed by atoms with Crippen LogP contribution in [0.1, 0.15) is 12.5 Å². The predicted molar refractivity (Wildman–Crippen MR) is 64.3 cm³/mol. The lowest BCUT2D eigenvalue weighted by molar-refractivity contribution is -0.135. The van der Waals surface area contributed by atoms with Crippen molar-refractivity contribution in [3.63, 3.8) is 0 Å². The van der Waals surface area contributed by atoms with Crippen LogP contribution < -0.4 is 0 Å². The van der Waals surface area contributed by atoms with Gasteiger partial charge in [0.2, 0.25) is 11.6 Å². The standard InChI is InChI=1S/C14H12O3/c1-9-7-8-11(14(17)12(9)15)13(16)10-5-3-2-4-6-10/h2-9,16H,1H3. The Kier molecular flexibility index (Phi) is 2.91. The lowest BCUT2D eigenvalue weighted by Crippen LogP contribution is -2.25. The number of rotatable bonds is 1. The maximum Gasteiger partial charge on any atom is 0.232 e. The van der Waals surface area contributed by atoms with Gasteiger partial charge in [-0.25, -0.2) is 0 Å². The molecule has 0 amide bonds. The number of ketones is 2. The fourth-order valence-corrected chi connectivity index (χ4v) is 1.68. The molecule has 2 rings (SSSR count). The topological polar surface area (TPSA) is 54.4 Å². The molecule has 1 aromatic carbocycles. The van der Waals surface area contributed by atoms with Gasteiger partial charge in [-0.05, 0) is 0 Å². The van der Waals surface area contributed by atoms with Crippen LogP contribution in [0.5, 0.6) is 0 Å². The van der Waals surface area contributed by atoms with Gasteiger partial charge >= 0.3 is 0 Å². The lowest BCUT2D eigenvalue weighted by Gasteiger charge is -2.13. The summed E-state index contributed by atoms with van der Waals surface area (Å²) in [5, 5.41) is 9.98. The van der Waals surface area contributed by atoms with E-state index in [9.17, 15) is 14.7 Å². The molecule has 0 spiro atoms. The van der Waals surface area contributed by atoms with Crippen LogP contribution in [-0.2, 0) is 9.59 Å². The first-order valence-corrected chi connectivity index (χ1v) is 5.36. The Morgan fingerprint density at radius 1 is 1.18 bits per heavy atom. The lowest BCUT2D eigenvalue weighted by atomic mass is 9.89. The molecule has 86 valence electrons. The van der Waals surface area contributed by atoms with E-state index >= 15 is 0 Å². The summed E-state index contributed by atoms with van der Waals surface area (Å²) in [4.78, 5) is 23.3. The van der Waals surface area contributed by atoms with E-state index in [4.69, 9.17) is 0 Å². The van der Waals surface area contributed by atoms with Crippen LogP contribution in [0.3, 0.4) is 0 Å². The highest BCUT2D eigenvalue weighted by Crippen LogP contribution is 2.22. The van der Waals surface area contributed by atoms with E-state index in [0.29, 0.717) is 5.56 Å². The number of carbonyl (C=O) groups excluding carboxylic acids is 2. The maximum atomic E-state index is 11.7. The molecule has 1 aliphatic carbocycles. The zero-order chi connectivity index (χ0) is 12.4. The normalized spacial score (nSPS) is 22.8. The monoisotopic (exact) mass is 228 g/mol. The zero-order valence-electron chi connectivity index (χ0n) is 9.38. The van der Waals surface area contributed by atoms with Crippen molar-refractivity contribution in [2.24, 2.45) is 5.92 Å². The molecule has 3 nitrogen and oxygen atoms in total. The second kappa shape index (κ2) is 4.37. The molecule has 3 heteroatoms. The summed E-state index contributed by atoms with van der Waals surface area (Å²) >= 11 is 0. The molecule has 1 aromatic rings. The van der Waals surface area contributed by atoms with E-state index < -0.39 is 17.5 Å². The van der Waals surface area contributed by atoms with Gasteiger partial charge in [0.25, 0.3) is 0 Å². The summed E-state index contributed by atoms with van der Waals surface area (Å²) in [6.45, 7) is 1.66. The Morgan fingerprint density at radius 3 is 2.47 bits per heavy atom. The van der Waals surface area contributed by atoms with E-state index in [0.717, 1.165) is 0 Å². The van der Waals surface area contributed by atoms with Crippen LogP contribution in [0.25, 0.3) is 5.76 Å². The Bertz CT molecular complexity index is 524. The van der Waals surface area contributed by atoms with Gasteiger partial charge in [-0.2, -0.15) is 0 Å². The van der Waals surface area contributed by atoms with Gasteiger partial charge in [0.1, 0.15) is 5.76 Å². The van der Waals surface area contributed by atoms with E-state index in [2.05, 4.69) is 0 Å². The molecule has 0 heterocycles. The molecular formula is C14H12O3. The number of Topliss-reactive ketones (excluding diaryl/α,β-unsaturated/α-hetero) is 2. The first-order chi connectivity index (χ1) is 8.11. The number of hydrogen-bond acceptors (Lipinski definition) is 3. The van der Waals surface area contributed by atoms with Gasteiger partial charge in [-0.1, -0.05) is 49.4 Å². The minimum Gasteiger partial charge on any atom is -0.507 e. The first kappa shape index (κ1) is 11.3. The van der Waals surface area contributed by atoms with Crippen molar-refractivity contribution >= 4 is 17.3 Å². The van der Waals surface area contributed by atoms with Gasteiger partial charge in [-0.3, -0.25) is 9.59 Å². The van der Waals surface area contributed by atoms with E-state index in [-0.39, 0.29) is 11.3 Å². The number of aliphatic hydroxyl groups excluding tert-OH is 1. The summed E-state index contributed by atoms with van der Waals surface area (Å²) in [5.74, 6) is -1.66. The Labute approximate surface area is 99.1 Å². The SMILES string of the molecule is CC1C=CC(=C(O)c2ccccc2)C(=O)C1=O. The molecule has 1 aliphatic rings. The van der Waals surface area contributed by atoms with Gasteiger partial charge in [0.15, 0.2) is 0 Å². The summed E-state index contributed by atoms with van der Waals surface area (Å²) in [5.41, 5.74) is 0.599. The number of carbonyl (C=O) groups is 2. The summed E-state index contributed by atoms with van der Waals surface area (Å²) < 4.78 is 0. The highest BCUT2D eigenvalue weighted by atomic mass is 16.3. The minimum absolute atomic E-state index is 0.0688. The average Bonchev–Trinajstić information content (AvgIpc) is 2.36. The van der Waals surface area contributed by atoms with Gasteiger partial charge in [-0.15, -0.1) is 0 Å². The molecule has 1 atom stereocenters. The number of hydrogen-bond donors (Lipinski definition) is 1. The highest BCUT2D eigenvalue weighted by Gasteiger charge is 2.28. The summed E-state index contributed by atoms with van der Waals surface area (Å²) in [7, 11) is 0. The molecule has 1 N–H and O–H groups in total. The van der Waals surface area contributed by atoms with Crippen LogP contribution in [0, 0.1) is 5.92 Å². The van der Waals surface area contributed by atoms with Crippen molar-refractivity contribution in [3.8, 4) is 0 Å². The van der Waals surface area contributed by atoms with Gasteiger partial charge in [0.05, 0.1) is 5.57 Å². The van der Waals surface area contributed by atoms with Crippen molar-refractivity contribution in [1.29, 1.82) is 0 Å². The van der Waals surface area contributed by atoms with Crippen LogP contribution in [0.2, 0.25) is 0 Å². The van der Waals surface area contributed by atoms with E-state index in [1.807, 2.05) is 6.07 Å². The molecular weight excluding hydrogens is 216 g/mol. The largest absolute Gasteiger partial charge is 0.507 e. The van der Waals surface area contributed by atoms with Crippen molar-refractivity contribution < 1.29 is 14.7 Å². The fraction of sp³-hybridized carbons (Fsp3) is 0.143. The quantitative estimate of drug-likeness (QED) is 0.456. The molecule has 0 radical (unpaired) electrons. The zero-order valence-corrected chi connectivity index (χ0v) is 9.38. The third-order valence-corrected chi connectivity index (χ3v) is 2.74. The fourth-order valence-electron chi connectivity index (χ4n) is 1.68. The first-order valence-electron chi connectivity index (χ1n) is 5.36. The summed E-state index contributed by atoms with van der Waals surface area (Å²) in [6, 6.07) is 8.70. The van der Waals surface area contributed by atoms with Gasteiger partial charge in [0, 0.05) is 11.5 Å². The third-order valence-electron chi connectivity index (χ3n) is 2.74. The second-order valence-electron chi connectivity index (χ2n) is 3.97. The van der Waals surface area contributed by atoms with E-state index in [1.54, 1.807) is 37.3 Å². The number of allylic oxidation sites excluding steroid dienone is 3. The maximum absolute atomic E-state index is 11.7. The van der Waals surface area contributed by atoms with Crippen LogP contribution in [0.4, 0.5) is 0 Å². The molecule has 0 saturated carbocycles. The van der Waals surface area contributed by atoms with Crippen LogP contribution >= 0.6 is 0 Å². The summed E-state index contributed by atoms with van der Waals surface area (Å²) in [6.07, 6.45) is 3.13. The number of benzene rings is 1. The molecule has 0 aromatic heterocycles. The molecule has 0 bridgehead atoms. The minimum atomic E-state index is -0.624. The molecule has 1 unspecified atom stereocenters. The average molecular weight is 228 g/mol. The van der Waals surface area contributed by atoms with Crippen molar-refractivity contribution in [3.05, 3.63) is 53.6 Å². The second-order valence-corrected chi connectivity index (χ2v) is 3.97. The Hall–Kier alpha value is -2.16. The van der Waals surface area contributed by atoms with Gasteiger partial charge < -0.3 is 5.11 Å². The van der Waals surface area contributed by atoms with Crippen LogP contribution in [0.15, 0.2) is 48.1 Å². The van der Waals surface area contributed by atoms with Crippen LogP contribution in [-0.4, -0.2) is 16.7 Å². The van der Waals surface area contributed by atoms with Crippen molar-refractivity contribution in [2.75, 3.05) is 0 Å². The Morgan fingerprint density at radius 2 is 1.82 bits per heavy atom. The molecule has 0 saturated heterocycles. The third kappa shape index (κ3) is 2.04. The smallest absolute Gasteiger partial charge is 0.232 e. The van der Waals surface area contributed by atoms with E-state index in [1.165, 1.54) is 6.08 Å². The van der Waals surface area contributed by atoms with Crippen molar-refractivity contribution in [2.45, 2.75) is 6.92 Å². The van der Waals surface area contributed by atoms with Crippen molar-refractivity contribution in [1.82, 2.24) is 0 Å². The molecule has 17 heavy (non-hydrogen) atoms. The highest BCUT2D eigenvalue weighted by molar-refractivity contribution is 6.47. The molecule has 0 aliphatic heterocycles. The molecule has 0 fully saturated rings. The predicted octanol–water partition coefficient (Wildman–Crippen LogP) is 2.30. The number of aliphatic hydroxyl groups is 1.